The Bertz CT molecular complexity index is 498. The van der Waals surface area contributed by atoms with E-state index in [4.69, 9.17) is 0 Å². The number of hydrogen-bond donors (Lipinski definition) is 1. The Kier molecular flexibility index (Phi) is 6.61. The minimum atomic E-state index is -1.33. The fraction of sp³-hybridized carbons (Fsp3) is 0.529. The fourth-order valence-corrected chi connectivity index (χ4v) is 2.09. The Labute approximate surface area is 121 Å². The second-order valence-corrected chi connectivity index (χ2v) is 5.30. The Balaban J connectivity index is 0.00000172. The maximum atomic E-state index is 11.5. The lowest BCUT2D eigenvalue weighted by Gasteiger charge is -2.42. The van der Waals surface area contributed by atoms with E-state index in [9.17, 15) is 14.7 Å². The summed E-state index contributed by atoms with van der Waals surface area (Å²) in [5.41, 5.74) is -0.843. The lowest BCUT2D eigenvalue weighted by Crippen LogP contribution is -2.48. The lowest BCUT2D eigenvalue weighted by molar-refractivity contribution is -0.121. The van der Waals surface area contributed by atoms with Crippen LogP contribution in [0.5, 0.6) is 0 Å². The summed E-state index contributed by atoms with van der Waals surface area (Å²) in [6.45, 7) is 11.0. The van der Waals surface area contributed by atoms with E-state index in [1.165, 1.54) is 12.2 Å². The first kappa shape index (κ1) is 18.3. The average molecular weight is 276 g/mol. The molecule has 1 aliphatic rings. The molecule has 110 valence electrons. The van der Waals surface area contributed by atoms with Gasteiger partial charge in [0.1, 0.15) is 6.29 Å². The summed E-state index contributed by atoms with van der Waals surface area (Å²) in [7, 11) is 0. The van der Waals surface area contributed by atoms with Crippen LogP contribution in [0.3, 0.4) is 0 Å². The topological polar surface area (TPSA) is 54.4 Å². The van der Waals surface area contributed by atoms with Crippen LogP contribution < -0.4 is 0 Å². The summed E-state index contributed by atoms with van der Waals surface area (Å²) in [5, 5.41) is 10.7. The van der Waals surface area contributed by atoms with E-state index in [0.29, 0.717) is 17.4 Å². The molecule has 3 nitrogen and oxygen atoms in total. The normalized spacial score (nSPS) is 24.6. The minimum Gasteiger partial charge on any atom is -0.373 e. The molecule has 0 radical (unpaired) electrons. The molecule has 1 aliphatic carbocycles. The molecule has 1 N–H and O–H groups in total. The van der Waals surface area contributed by atoms with E-state index in [1.54, 1.807) is 13.8 Å². The van der Waals surface area contributed by atoms with Gasteiger partial charge < -0.3 is 5.11 Å². The second kappa shape index (κ2) is 7.21. The highest BCUT2D eigenvalue weighted by molar-refractivity contribution is 5.93. The molecule has 0 aromatic heterocycles. The molecule has 1 rings (SSSR count). The van der Waals surface area contributed by atoms with Crippen molar-refractivity contribution in [1.82, 2.24) is 0 Å². The van der Waals surface area contributed by atoms with Gasteiger partial charge in [-0.2, -0.15) is 0 Å². The summed E-state index contributed by atoms with van der Waals surface area (Å²) >= 11 is 0. The Morgan fingerprint density at radius 2 is 1.95 bits per heavy atom. The summed E-state index contributed by atoms with van der Waals surface area (Å²) in [4.78, 5) is 21.8. The molecule has 1 unspecified atom stereocenters. The van der Waals surface area contributed by atoms with Crippen molar-refractivity contribution < 1.29 is 14.7 Å². The van der Waals surface area contributed by atoms with Crippen molar-refractivity contribution in [2.24, 2.45) is 5.41 Å². The molecule has 0 aromatic rings. The molecule has 0 heterocycles. The van der Waals surface area contributed by atoms with Gasteiger partial charge in [0.15, 0.2) is 11.4 Å². The van der Waals surface area contributed by atoms with Crippen molar-refractivity contribution in [2.45, 2.75) is 53.6 Å². The number of aldehydes is 1. The van der Waals surface area contributed by atoms with Crippen molar-refractivity contribution in [2.75, 3.05) is 0 Å². The van der Waals surface area contributed by atoms with Crippen molar-refractivity contribution in [3.8, 4) is 11.8 Å². The number of carbonyl (C=O) groups excluding carboxylic acids is 2. The molecule has 0 fully saturated rings. The zero-order valence-corrected chi connectivity index (χ0v) is 13.2. The van der Waals surface area contributed by atoms with E-state index < -0.39 is 11.0 Å². The van der Waals surface area contributed by atoms with Crippen molar-refractivity contribution in [1.29, 1.82) is 0 Å². The molecular weight excluding hydrogens is 252 g/mol. The number of rotatable bonds is 1. The van der Waals surface area contributed by atoms with Crippen molar-refractivity contribution >= 4 is 12.1 Å². The zero-order valence-electron chi connectivity index (χ0n) is 13.2. The van der Waals surface area contributed by atoms with Crippen molar-refractivity contribution in [3.63, 3.8) is 0 Å². The summed E-state index contributed by atoms with van der Waals surface area (Å²) in [6.07, 6.45) is 3.70. The molecule has 0 saturated heterocycles. The predicted molar refractivity (Wildman–Crippen MR) is 81.1 cm³/mol. The monoisotopic (exact) mass is 276 g/mol. The fourth-order valence-electron chi connectivity index (χ4n) is 2.09. The molecular formula is C17H24O3. The van der Waals surface area contributed by atoms with Crippen molar-refractivity contribution in [3.05, 3.63) is 23.3 Å². The van der Waals surface area contributed by atoms with Crippen LogP contribution in [-0.2, 0) is 9.59 Å². The van der Waals surface area contributed by atoms with E-state index >= 15 is 0 Å². The Morgan fingerprint density at radius 3 is 2.40 bits per heavy atom. The first-order valence-corrected chi connectivity index (χ1v) is 6.82. The first-order chi connectivity index (χ1) is 9.23. The van der Waals surface area contributed by atoms with Gasteiger partial charge in [0.25, 0.3) is 0 Å². The summed E-state index contributed by atoms with van der Waals surface area (Å²) in [6, 6.07) is 0. The average Bonchev–Trinajstić information content (AvgIpc) is 2.36. The molecule has 0 amide bonds. The number of allylic oxidation sites excluding steroid dienone is 3. The van der Waals surface area contributed by atoms with Gasteiger partial charge in [-0.05, 0) is 31.6 Å². The molecule has 0 saturated carbocycles. The molecule has 0 spiro atoms. The SMILES string of the molecule is CC.CC1=CC(=O)CC(C)(C)C1(O)C#C/C(C)=C\C=O. The molecule has 0 aliphatic heterocycles. The number of carbonyl (C=O) groups is 2. The summed E-state index contributed by atoms with van der Waals surface area (Å²) < 4.78 is 0. The number of ketones is 1. The van der Waals surface area contributed by atoms with Gasteiger partial charge in [-0.1, -0.05) is 39.5 Å². The Morgan fingerprint density at radius 1 is 1.40 bits per heavy atom. The molecule has 0 aromatic carbocycles. The van der Waals surface area contributed by atoms with E-state index in [0.717, 1.165) is 0 Å². The maximum absolute atomic E-state index is 11.5. The van der Waals surface area contributed by atoms with Gasteiger partial charge >= 0.3 is 0 Å². The van der Waals surface area contributed by atoms with Gasteiger partial charge in [-0.15, -0.1) is 0 Å². The predicted octanol–water partition coefficient (Wildman–Crippen LogP) is 2.84. The molecule has 1 atom stereocenters. The first-order valence-electron chi connectivity index (χ1n) is 6.82. The van der Waals surface area contributed by atoms with Crippen LogP contribution in [0.15, 0.2) is 23.3 Å². The van der Waals surface area contributed by atoms with Gasteiger partial charge in [0.05, 0.1) is 0 Å². The third-order valence-electron chi connectivity index (χ3n) is 3.30. The summed E-state index contributed by atoms with van der Waals surface area (Å²) in [5.74, 6) is 5.58. The molecule has 20 heavy (non-hydrogen) atoms. The number of hydrogen-bond acceptors (Lipinski definition) is 3. The van der Waals surface area contributed by atoms with Gasteiger partial charge in [0.2, 0.25) is 0 Å². The van der Waals surface area contributed by atoms with E-state index in [-0.39, 0.29) is 12.2 Å². The third kappa shape index (κ3) is 3.91. The third-order valence-corrected chi connectivity index (χ3v) is 3.30. The molecule has 0 bridgehead atoms. The minimum absolute atomic E-state index is 0.00382. The van der Waals surface area contributed by atoms with Crippen LogP contribution in [0.1, 0.15) is 48.0 Å². The van der Waals surface area contributed by atoms with Crippen LogP contribution in [0.2, 0.25) is 0 Å². The number of aliphatic hydroxyl groups is 1. The lowest BCUT2D eigenvalue weighted by atomic mass is 9.65. The van der Waals surface area contributed by atoms with E-state index in [2.05, 4.69) is 11.8 Å². The van der Waals surface area contributed by atoms with E-state index in [1.807, 2.05) is 27.7 Å². The highest BCUT2D eigenvalue weighted by Gasteiger charge is 2.47. The highest BCUT2D eigenvalue weighted by Crippen LogP contribution is 2.42. The maximum Gasteiger partial charge on any atom is 0.156 e. The highest BCUT2D eigenvalue weighted by atomic mass is 16.3. The van der Waals surface area contributed by atoms with Crippen LogP contribution >= 0.6 is 0 Å². The van der Waals surface area contributed by atoms with Gasteiger partial charge in [0, 0.05) is 17.4 Å². The quantitative estimate of drug-likeness (QED) is 0.455. The largest absolute Gasteiger partial charge is 0.373 e. The smallest absolute Gasteiger partial charge is 0.156 e. The molecule has 3 heteroatoms. The van der Waals surface area contributed by atoms with Crippen LogP contribution in [-0.4, -0.2) is 22.8 Å². The van der Waals surface area contributed by atoms with Crippen LogP contribution in [0.25, 0.3) is 0 Å². The Hall–Kier alpha value is -1.66. The van der Waals surface area contributed by atoms with Crippen LogP contribution in [0, 0.1) is 17.3 Å². The standard InChI is InChI=1S/C15H18O3.C2H6/c1-11(6-8-16)5-7-15(18)12(2)9-13(17)10-14(15,3)4;1-2/h6,8-9,18H,10H2,1-4H3;1-2H3/b11-6-;. The van der Waals surface area contributed by atoms with Gasteiger partial charge in [-0.25, -0.2) is 0 Å². The van der Waals surface area contributed by atoms with Gasteiger partial charge in [-0.3, -0.25) is 9.59 Å². The second-order valence-electron chi connectivity index (χ2n) is 5.30. The zero-order chi connectivity index (χ0) is 16.0. The van der Waals surface area contributed by atoms with Crippen LogP contribution in [0.4, 0.5) is 0 Å².